The van der Waals surface area contributed by atoms with Gasteiger partial charge in [0, 0.05) is 54.5 Å². The van der Waals surface area contributed by atoms with Crippen LogP contribution in [0.2, 0.25) is 0 Å². The van der Waals surface area contributed by atoms with Crippen molar-refractivity contribution < 1.29 is 0 Å². The van der Waals surface area contributed by atoms with E-state index in [2.05, 4.69) is 35.1 Å². The Labute approximate surface area is 158 Å². The Morgan fingerprint density at radius 3 is 2.48 bits per heavy atom. The molecule has 3 aromatic heterocycles. The number of hydrogen-bond acceptors (Lipinski definition) is 8. The second kappa shape index (κ2) is 7.22. The van der Waals surface area contributed by atoms with Crippen LogP contribution < -0.4 is 10.2 Å². The second-order valence-electron chi connectivity index (χ2n) is 6.85. The van der Waals surface area contributed by atoms with E-state index < -0.39 is 0 Å². The minimum absolute atomic E-state index is 0.257. The third-order valence-electron chi connectivity index (χ3n) is 4.52. The van der Waals surface area contributed by atoms with Crippen molar-refractivity contribution in [2.45, 2.75) is 33.1 Å². The van der Waals surface area contributed by atoms with Crippen LogP contribution in [0.3, 0.4) is 0 Å². The van der Waals surface area contributed by atoms with Crippen molar-refractivity contribution in [3.05, 3.63) is 53.6 Å². The van der Waals surface area contributed by atoms with Gasteiger partial charge in [-0.25, -0.2) is 24.9 Å². The molecule has 0 unspecified atom stereocenters. The average Bonchev–Trinajstić information content (AvgIpc) is 3.11. The van der Waals surface area contributed by atoms with Gasteiger partial charge < -0.3 is 10.2 Å². The first-order chi connectivity index (χ1) is 13.1. The molecule has 0 aliphatic carbocycles. The van der Waals surface area contributed by atoms with Crippen molar-refractivity contribution in [3.8, 4) is 0 Å². The molecule has 1 atom stereocenters. The van der Waals surface area contributed by atoms with Crippen molar-refractivity contribution in [3.63, 3.8) is 0 Å². The molecule has 3 aromatic rings. The number of aromatic nitrogens is 6. The number of aryl methyl sites for hydroxylation is 3. The summed E-state index contributed by atoms with van der Waals surface area (Å²) in [6.45, 7) is 7.64. The Morgan fingerprint density at radius 1 is 0.963 bits per heavy atom. The van der Waals surface area contributed by atoms with Crippen LogP contribution in [0.5, 0.6) is 0 Å². The fraction of sp³-hybridized carbons (Fsp3) is 0.368. The van der Waals surface area contributed by atoms with Crippen molar-refractivity contribution in [1.82, 2.24) is 29.9 Å². The lowest BCUT2D eigenvalue weighted by Crippen LogP contribution is -2.21. The lowest BCUT2D eigenvalue weighted by atomic mass is 10.1. The molecular weight excluding hydrogens is 340 g/mol. The lowest BCUT2D eigenvalue weighted by Gasteiger charge is -2.16. The van der Waals surface area contributed by atoms with E-state index in [0.717, 1.165) is 54.1 Å². The van der Waals surface area contributed by atoms with Crippen molar-refractivity contribution in [2.24, 2.45) is 0 Å². The summed E-state index contributed by atoms with van der Waals surface area (Å²) in [5, 5.41) is 3.22. The Morgan fingerprint density at radius 2 is 1.74 bits per heavy atom. The van der Waals surface area contributed by atoms with Crippen molar-refractivity contribution >= 4 is 17.6 Å². The Kier molecular flexibility index (Phi) is 4.62. The maximum absolute atomic E-state index is 4.73. The third-order valence-corrected chi connectivity index (χ3v) is 4.52. The highest BCUT2D eigenvalue weighted by Crippen LogP contribution is 2.28. The number of rotatable bonds is 4. The van der Waals surface area contributed by atoms with E-state index in [1.165, 1.54) is 0 Å². The van der Waals surface area contributed by atoms with Crippen LogP contribution in [0.15, 0.2) is 30.7 Å². The van der Waals surface area contributed by atoms with Crippen LogP contribution in [0.4, 0.5) is 17.6 Å². The van der Waals surface area contributed by atoms with Crippen LogP contribution in [0.1, 0.15) is 35.2 Å². The standard InChI is InChI=1S/C19H22N8/c1-12-8-13(2)24-19(23-12)26-16-9-14(3)22-18(25-16)15-4-7-27(11-15)17-10-20-5-6-21-17/h5-6,8-10,15H,4,7,11H2,1-3H3,(H,22,23,24,25,26)/t15-/m0/s1. The number of nitrogens with one attached hydrogen (secondary N) is 1. The minimum atomic E-state index is 0.257. The highest BCUT2D eigenvalue weighted by molar-refractivity contribution is 5.49. The molecular formula is C19H22N8. The lowest BCUT2D eigenvalue weighted by molar-refractivity contribution is 0.705. The molecule has 1 saturated heterocycles. The first-order valence-corrected chi connectivity index (χ1v) is 9.03. The summed E-state index contributed by atoms with van der Waals surface area (Å²) in [7, 11) is 0. The van der Waals surface area contributed by atoms with Gasteiger partial charge in [-0.1, -0.05) is 0 Å². The number of hydrogen-bond donors (Lipinski definition) is 1. The average molecular weight is 362 g/mol. The molecule has 1 fully saturated rings. The predicted molar refractivity (Wildman–Crippen MR) is 103 cm³/mol. The van der Waals surface area contributed by atoms with Gasteiger partial charge in [0.25, 0.3) is 0 Å². The highest BCUT2D eigenvalue weighted by Gasteiger charge is 2.27. The Balaban J connectivity index is 1.54. The summed E-state index contributed by atoms with van der Waals surface area (Å²) in [6.07, 6.45) is 6.19. The molecule has 27 heavy (non-hydrogen) atoms. The maximum Gasteiger partial charge on any atom is 0.228 e. The second-order valence-corrected chi connectivity index (χ2v) is 6.85. The molecule has 0 bridgehead atoms. The summed E-state index contributed by atoms with van der Waals surface area (Å²) >= 11 is 0. The molecule has 0 saturated carbocycles. The summed E-state index contributed by atoms with van der Waals surface area (Å²) in [5.74, 6) is 3.28. The van der Waals surface area contributed by atoms with E-state index in [1.807, 2.05) is 32.9 Å². The fourth-order valence-corrected chi connectivity index (χ4v) is 3.37. The van der Waals surface area contributed by atoms with Gasteiger partial charge in [-0.15, -0.1) is 0 Å². The molecule has 0 radical (unpaired) electrons. The first-order valence-electron chi connectivity index (χ1n) is 9.03. The molecule has 1 aliphatic heterocycles. The van der Waals surface area contributed by atoms with E-state index >= 15 is 0 Å². The fourth-order valence-electron chi connectivity index (χ4n) is 3.37. The maximum atomic E-state index is 4.73. The zero-order valence-corrected chi connectivity index (χ0v) is 15.7. The van der Waals surface area contributed by atoms with Gasteiger partial charge in [0.2, 0.25) is 5.95 Å². The number of anilines is 3. The molecule has 8 nitrogen and oxygen atoms in total. The van der Waals surface area contributed by atoms with Crippen molar-refractivity contribution in [1.29, 1.82) is 0 Å². The molecule has 4 heterocycles. The van der Waals surface area contributed by atoms with Crippen LogP contribution >= 0.6 is 0 Å². The molecule has 1 N–H and O–H groups in total. The van der Waals surface area contributed by atoms with Crippen LogP contribution in [-0.2, 0) is 0 Å². The molecule has 0 spiro atoms. The van der Waals surface area contributed by atoms with Gasteiger partial charge in [0.1, 0.15) is 17.5 Å². The van der Waals surface area contributed by atoms with Gasteiger partial charge in [-0.2, -0.15) is 0 Å². The first kappa shape index (κ1) is 17.3. The van der Waals surface area contributed by atoms with Gasteiger partial charge in [0.05, 0.1) is 6.20 Å². The van der Waals surface area contributed by atoms with Gasteiger partial charge in [-0.05, 0) is 33.3 Å². The van der Waals surface area contributed by atoms with Crippen molar-refractivity contribution in [2.75, 3.05) is 23.3 Å². The zero-order valence-electron chi connectivity index (χ0n) is 15.7. The molecule has 0 amide bonds. The van der Waals surface area contributed by atoms with E-state index in [1.54, 1.807) is 18.6 Å². The van der Waals surface area contributed by atoms with E-state index in [0.29, 0.717) is 5.95 Å². The monoisotopic (exact) mass is 362 g/mol. The normalized spacial score (nSPS) is 16.6. The summed E-state index contributed by atoms with van der Waals surface area (Å²) in [4.78, 5) is 29.0. The van der Waals surface area contributed by atoms with Gasteiger partial charge in [-0.3, -0.25) is 4.98 Å². The van der Waals surface area contributed by atoms with E-state index in [-0.39, 0.29) is 5.92 Å². The molecule has 0 aromatic carbocycles. The van der Waals surface area contributed by atoms with E-state index in [4.69, 9.17) is 4.98 Å². The van der Waals surface area contributed by atoms with Crippen LogP contribution in [0.25, 0.3) is 0 Å². The quantitative estimate of drug-likeness (QED) is 0.757. The smallest absolute Gasteiger partial charge is 0.228 e. The minimum Gasteiger partial charge on any atom is -0.355 e. The van der Waals surface area contributed by atoms with Gasteiger partial charge >= 0.3 is 0 Å². The van der Waals surface area contributed by atoms with Gasteiger partial charge in [0.15, 0.2) is 0 Å². The van der Waals surface area contributed by atoms with E-state index in [9.17, 15) is 0 Å². The number of nitrogens with zero attached hydrogens (tertiary/aromatic N) is 7. The SMILES string of the molecule is Cc1cc(C)nc(Nc2cc(C)nc([C@H]3CCN(c4cnccn4)C3)n2)n1. The Hall–Kier alpha value is -3.16. The molecule has 1 aliphatic rings. The van der Waals surface area contributed by atoms with Crippen LogP contribution in [-0.4, -0.2) is 43.0 Å². The topological polar surface area (TPSA) is 92.6 Å². The molecule has 4 rings (SSSR count). The highest BCUT2D eigenvalue weighted by atomic mass is 15.2. The summed E-state index contributed by atoms with van der Waals surface area (Å²) in [6, 6.07) is 3.86. The summed E-state index contributed by atoms with van der Waals surface area (Å²) < 4.78 is 0. The predicted octanol–water partition coefficient (Wildman–Crippen LogP) is 2.72. The molecule has 8 heteroatoms. The zero-order chi connectivity index (χ0) is 18.8. The largest absolute Gasteiger partial charge is 0.355 e. The van der Waals surface area contributed by atoms with Crippen LogP contribution in [0, 0.1) is 20.8 Å². The summed E-state index contributed by atoms with van der Waals surface area (Å²) in [5.41, 5.74) is 2.77. The molecule has 138 valence electrons. The Bertz CT molecular complexity index is 923. The third kappa shape index (κ3) is 3.99.